The minimum Gasteiger partial charge on any atom is -0.374 e. The molecule has 2 bridgehead atoms. The average Bonchev–Trinajstić information content (AvgIpc) is 3.60. The summed E-state index contributed by atoms with van der Waals surface area (Å²) in [6, 6.07) is 39.4. The normalized spacial score (nSPS) is 29.2. The maximum absolute atomic E-state index is 12.9. The number of carbonyl (C=O) groups excluding carboxylic acids is 1. The van der Waals surface area contributed by atoms with Crippen LogP contribution in [0.1, 0.15) is 35.1 Å². The van der Waals surface area contributed by atoms with Gasteiger partial charge in [-0.15, -0.1) is 0 Å². The number of fused-ring (bicyclic) bond motifs is 2. The zero-order chi connectivity index (χ0) is 34.2. The third-order valence-corrected chi connectivity index (χ3v) is 9.54. The molecule has 0 radical (unpaired) electrons. The minimum atomic E-state index is -1.90. The number of ether oxygens (including phenoxy) is 7. The first-order valence-electron chi connectivity index (χ1n) is 17.3. The van der Waals surface area contributed by atoms with Gasteiger partial charge in [0.05, 0.1) is 45.7 Å². The van der Waals surface area contributed by atoms with E-state index in [1.54, 1.807) is 0 Å². The van der Waals surface area contributed by atoms with Crippen LogP contribution < -0.4 is 0 Å². The number of hydrogen-bond donors (Lipinski definition) is 1. The standard InChI is InChI=1S/C41H44O9/c42-34-21-33(35-28-48-40(34)49-35)22-41(43)39(47-26-32-19-11-4-12-20-32)38(46-25-31-17-9-3-10-18-31)37(45-24-30-15-7-2-8-16-30)36(50-41)27-44-23-29-13-5-1-6-14-29/h1-20,33,35-40,43H,21-28H2/t33-,35+,36+,37+,38-,39+,40+,41-/m0/s1. The summed E-state index contributed by atoms with van der Waals surface area (Å²) in [5.41, 5.74) is 3.88. The first-order valence-corrected chi connectivity index (χ1v) is 17.3. The van der Waals surface area contributed by atoms with E-state index in [2.05, 4.69) is 0 Å². The zero-order valence-electron chi connectivity index (χ0n) is 28.0. The third kappa shape index (κ3) is 8.57. The van der Waals surface area contributed by atoms with Crippen molar-refractivity contribution in [3.05, 3.63) is 144 Å². The highest BCUT2D eigenvalue weighted by atomic mass is 16.7. The summed E-state index contributed by atoms with van der Waals surface area (Å²) in [4.78, 5) is 12.9. The minimum absolute atomic E-state index is 0.0602. The molecule has 4 aromatic rings. The molecule has 0 saturated carbocycles. The van der Waals surface area contributed by atoms with Crippen molar-refractivity contribution >= 4 is 5.78 Å². The molecule has 7 rings (SSSR count). The van der Waals surface area contributed by atoms with Crippen LogP contribution in [0, 0.1) is 5.92 Å². The lowest BCUT2D eigenvalue weighted by Gasteiger charge is -2.51. The molecule has 1 N–H and O–H groups in total. The molecule has 4 aromatic carbocycles. The summed E-state index contributed by atoms with van der Waals surface area (Å²) in [6.45, 7) is 1.45. The fourth-order valence-electron chi connectivity index (χ4n) is 7.00. The van der Waals surface area contributed by atoms with E-state index >= 15 is 0 Å². The molecule has 0 spiro atoms. The van der Waals surface area contributed by atoms with Gasteiger partial charge >= 0.3 is 0 Å². The number of ketones is 1. The average molecular weight is 681 g/mol. The lowest BCUT2D eigenvalue weighted by atomic mass is 9.81. The van der Waals surface area contributed by atoms with Gasteiger partial charge in [-0.3, -0.25) is 4.79 Å². The quantitative estimate of drug-likeness (QED) is 0.168. The molecule has 0 unspecified atom stereocenters. The summed E-state index contributed by atoms with van der Waals surface area (Å²) >= 11 is 0. The molecule has 9 heteroatoms. The molecule has 3 aliphatic heterocycles. The molecule has 0 amide bonds. The fourth-order valence-corrected chi connectivity index (χ4v) is 7.00. The first kappa shape index (κ1) is 34.7. The Morgan fingerprint density at radius 2 is 1.16 bits per heavy atom. The van der Waals surface area contributed by atoms with Crippen LogP contribution in [0.5, 0.6) is 0 Å². The number of Topliss-reactive ketones (excluding diaryl/α,β-unsaturated/α-hetero) is 1. The zero-order valence-corrected chi connectivity index (χ0v) is 28.0. The molecule has 3 aliphatic rings. The molecule has 3 heterocycles. The highest BCUT2D eigenvalue weighted by Crippen LogP contribution is 2.42. The van der Waals surface area contributed by atoms with Crippen molar-refractivity contribution in [2.45, 2.75) is 81.9 Å². The highest BCUT2D eigenvalue weighted by molar-refractivity contribution is 5.83. The van der Waals surface area contributed by atoms with Crippen LogP contribution in [-0.2, 0) is 64.4 Å². The topological polar surface area (TPSA) is 102 Å². The Balaban J connectivity index is 1.22. The predicted octanol–water partition coefficient (Wildman–Crippen LogP) is 5.77. The lowest BCUT2D eigenvalue weighted by Crippen LogP contribution is -2.68. The maximum Gasteiger partial charge on any atom is 0.218 e. The molecule has 9 nitrogen and oxygen atoms in total. The molecule has 3 saturated heterocycles. The van der Waals surface area contributed by atoms with Crippen molar-refractivity contribution in [1.82, 2.24) is 0 Å². The summed E-state index contributed by atoms with van der Waals surface area (Å²) in [5.74, 6) is -2.40. The Kier molecular flexibility index (Phi) is 11.4. The second-order valence-corrected chi connectivity index (χ2v) is 13.2. The van der Waals surface area contributed by atoms with Crippen LogP contribution in [0.2, 0.25) is 0 Å². The molecule has 0 aromatic heterocycles. The lowest BCUT2D eigenvalue weighted by molar-refractivity contribution is -0.376. The Bertz CT molecular complexity index is 1620. The van der Waals surface area contributed by atoms with Gasteiger partial charge in [-0.25, -0.2) is 0 Å². The van der Waals surface area contributed by atoms with E-state index in [1.807, 2.05) is 121 Å². The molecular weight excluding hydrogens is 636 g/mol. The van der Waals surface area contributed by atoms with Gasteiger partial charge in [0, 0.05) is 12.8 Å². The fraction of sp³-hybridized carbons (Fsp3) is 0.390. The van der Waals surface area contributed by atoms with Crippen LogP contribution in [-0.4, -0.2) is 66.7 Å². The summed E-state index contributed by atoms with van der Waals surface area (Å²) < 4.78 is 44.6. The number of carbonyl (C=O) groups is 1. The molecule has 262 valence electrons. The van der Waals surface area contributed by atoms with Gasteiger partial charge in [-0.1, -0.05) is 121 Å². The molecule has 50 heavy (non-hydrogen) atoms. The van der Waals surface area contributed by atoms with Gasteiger partial charge in [0.1, 0.15) is 24.4 Å². The van der Waals surface area contributed by atoms with Crippen molar-refractivity contribution in [3.8, 4) is 0 Å². The number of aliphatic hydroxyl groups is 1. The molecule has 8 atom stereocenters. The highest BCUT2D eigenvalue weighted by Gasteiger charge is 2.58. The van der Waals surface area contributed by atoms with Crippen LogP contribution in [0.25, 0.3) is 0 Å². The van der Waals surface area contributed by atoms with Gasteiger partial charge in [0.2, 0.25) is 6.29 Å². The Morgan fingerprint density at radius 1 is 0.660 bits per heavy atom. The number of benzene rings is 4. The van der Waals surface area contributed by atoms with Crippen molar-refractivity contribution < 1.29 is 43.1 Å². The van der Waals surface area contributed by atoms with Crippen molar-refractivity contribution in [1.29, 1.82) is 0 Å². The van der Waals surface area contributed by atoms with Crippen LogP contribution in [0.3, 0.4) is 0 Å². The van der Waals surface area contributed by atoms with Gasteiger partial charge in [0.25, 0.3) is 0 Å². The largest absolute Gasteiger partial charge is 0.374 e. The predicted molar refractivity (Wildman–Crippen MR) is 183 cm³/mol. The van der Waals surface area contributed by atoms with E-state index in [0.717, 1.165) is 22.3 Å². The van der Waals surface area contributed by atoms with Crippen LogP contribution in [0.4, 0.5) is 0 Å². The Labute approximate surface area is 293 Å². The van der Waals surface area contributed by atoms with Crippen molar-refractivity contribution in [2.24, 2.45) is 5.92 Å². The van der Waals surface area contributed by atoms with E-state index in [0.29, 0.717) is 6.61 Å². The second-order valence-electron chi connectivity index (χ2n) is 13.2. The summed E-state index contributed by atoms with van der Waals surface area (Å²) in [5, 5.41) is 12.8. The van der Waals surface area contributed by atoms with Gasteiger partial charge in [-0.05, 0) is 28.2 Å². The first-order chi connectivity index (χ1) is 24.5. The van der Waals surface area contributed by atoms with Crippen LogP contribution in [0.15, 0.2) is 121 Å². The Morgan fingerprint density at radius 3 is 1.72 bits per heavy atom. The summed E-state index contributed by atoms with van der Waals surface area (Å²) in [7, 11) is 0. The number of rotatable bonds is 15. The number of hydrogen-bond acceptors (Lipinski definition) is 9. The summed E-state index contributed by atoms with van der Waals surface area (Å²) in [6.07, 6.45) is -4.19. The van der Waals surface area contributed by atoms with Gasteiger partial charge in [0.15, 0.2) is 11.6 Å². The maximum atomic E-state index is 12.9. The molecular formula is C41H44O9. The van der Waals surface area contributed by atoms with Crippen LogP contribution >= 0.6 is 0 Å². The second kappa shape index (κ2) is 16.5. The van der Waals surface area contributed by atoms with E-state index in [-0.39, 0.29) is 63.7 Å². The smallest absolute Gasteiger partial charge is 0.218 e. The van der Waals surface area contributed by atoms with E-state index in [9.17, 15) is 9.90 Å². The third-order valence-electron chi connectivity index (χ3n) is 9.54. The Hall–Kier alpha value is -3.77. The van der Waals surface area contributed by atoms with Crippen molar-refractivity contribution in [2.75, 3.05) is 13.2 Å². The van der Waals surface area contributed by atoms with E-state index in [4.69, 9.17) is 33.2 Å². The molecule has 0 aliphatic carbocycles. The SMILES string of the molecule is O=C1C[C@@H](C[C@]2(O)O[C@H](COCc3ccccc3)[C@@H](OCc3ccccc3)[C@H](OCc3ccccc3)[C@H]2OCc2ccccc2)[C@H]2CO[C@@H]1O2. The van der Waals surface area contributed by atoms with Gasteiger partial charge < -0.3 is 38.3 Å². The van der Waals surface area contributed by atoms with Crippen molar-refractivity contribution in [3.63, 3.8) is 0 Å². The van der Waals surface area contributed by atoms with Gasteiger partial charge in [-0.2, -0.15) is 0 Å². The van der Waals surface area contributed by atoms with E-state index < -0.39 is 36.5 Å². The monoisotopic (exact) mass is 680 g/mol. The van der Waals surface area contributed by atoms with E-state index in [1.165, 1.54) is 0 Å². The molecule has 3 fully saturated rings.